The Kier molecular flexibility index (Phi) is 6.01. The fraction of sp³-hybridized carbons (Fsp3) is 0.227. The molecular weight excluding hydrogens is 363 g/mol. The van der Waals surface area contributed by atoms with Crippen LogP contribution >= 0.6 is 11.8 Å². The third-order valence-corrected chi connectivity index (χ3v) is 5.22. The first-order valence-corrected chi connectivity index (χ1v) is 9.69. The summed E-state index contributed by atoms with van der Waals surface area (Å²) < 4.78 is 24.8. The number of rotatable bonds is 6. The lowest BCUT2D eigenvalue weighted by Crippen LogP contribution is -2.06. The largest absolute Gasteiger partial charge is 0.469 e. The number of hydrogen-bond donors (Lipinski definition) is 0. The average Bonchev–Trinajstić information content (AvgIpc) is 2.67. The molecule has 5 heteroatoms. The SMILES string of the molecule is CCSc1ccc(Oc2c(C)c(CC(=O)OC)cc3ccc(F)cc23)cc1. The third kappa shape index (κ3) is 4.42. The monoisotopic (exact) mass is 384 g/mol. The fourth-order valence-electron chi connectivity index (χ4n) is 2.93. The van der Waals surface area contributed by atoms with Crippen LogP contribution in [-0.2, 0) is 16.0 Å². The van der Waals surface area contributed by atoms with Crippen LogP contribution in [0.2, 0.25) is 0 Å². The first kappa shape index (κ1) is 19.2. The minimum absolute atomic E-state index is 0.137. The highest BCUT2D eigenvalue weighted by molar-refractivity contribution is 7.99. The Bertz CT molecular complexity index is 967. The molecule has 0 heterocycles. The molecule has 0 atom stereocenters. The first-order chi connectivity index (χ1) is 13.0. The summed E-state index contributed by atoms with van der Waals surface area (Å²) in [5, 5.41) is 1.49. The van der Waals surface area contributed by atoms with E-state index in [0.717, 1.165) is 27.2 Å². The Morgan fingerprint density at radius 2 is 1.85 bits per heavy atom. The van der Waals surface area contributed by atoms with Crippen LogP contribution in [0, 0.1) is 12.7 Å². The Hall–Kier alpha value is -2.53. The van der Waals surface area contributed by atoms with Gasteiger partial charge < -0.3 is 9.47 Å². The smallest absolute Gasteiger partial charge is 0.309 e. The second kappa shape index (κ2) is 8.44. The van der Waals surface area contributed by atoms with Crippen LogP contribution in [0.5, 0.6) is 11.5 Å². The summed E-state index contributed by atoms with van der Waals surface area (Å²) in [5.74, 6) is 1.56. The van der Waals surface area contributed by atoms with Gasteiger partial charge in [-0.3, -0.25) is 4.79 Å². The maximum absolute atomic E-state index is 13.9. The van der Waals surface area contributed by atoms with Crippen LogP contribution in [0.3, 0.4) is 0 Å². The molecule has 3 nitrogen and oxygen atoms in total. The molecule has 0 fully saturated rings. The summed E-state index contributed by atoms with van der Waals surface area (Å²) in [4.78, 5) is 12.9. The number of benzene rings is 3. The van der Waals surface area contributed by atoms with Gasteiger partial charge in [-0.2, -0.15) is 0 Å². The van der Waals surface area contributed by atoms with Crippen LogP contribution in [0.1, 0.15) is 18.1 Å². The summed E-state index contributed by atoms with van der Waals surface area (Å²) in [5.41, 5.74) is 1.60. The number of hydrogen-bond acceptors (Lipinski definition) is 4. The van der Waals surface area contributed by atoms with E-state index in [9.17, 15) is 9.18 Å². The van der Waals surface area contributed by atoms with Gasteiger partial charge in [-0.1, -0.05) is 19.1 Å². The van der Waals surface area contributed by atoms with Crippen molar-refractivity contribution in [3.8, 4) is 11.5 Å². The van der Waals surface area contributed by atoms with Crippen LogP contribution in [0.15, 0.2) is 53.4 Å². The number of methoxy groups -OCH3 is 1. The van der Waals surface area contributed by atoms with Crippen molar-refractivity contribution in [2.24, 2.45) is 0 Å². The van der Waals surface area contributed by atoms with Crippen molar-refractivity contribution in [3.63, 3.8) is 0 Å². The minimum Gasteiger partial charge on any atom is -0.469 e. The van der Waals surface area contributed by atoms with Gasteiger partial charge >= 0.3 is 5.97 Å². The molecule has 0 saturated heterocycles. The lowest BCUT2D eigenvalue weighted by Gasteiger charge is -2.16. The van der Waals surface area contributed by atoms with Gasteiger partial charge in [-0.15, -0.1) is 11.8 Å². The second-order valence-electron chi connectivity index (χ2n) is 6.11. The highest BCUT2D eigenvalue weighted by Gasteiger charge is 2.16. The van der Waals surface area contributed by atoms with Crippen molar-refractivity contribution in [3.05, 3.63) is 65.5 Å². The average molecular weight is 384 g/mol. The lowest BCUT2D eigenvalue weighted by atomic mass is 9.98. The standard InChI is InChI=1S/C22H21FO3S/c1-4-27-19-9-7-18(8-10-19)26-22-14(2)16(12-21(24)25-3)11-15-5-6-17(23)13-20(15)22/h5-11,13H,4,12H2,1-3H3. The lowest BCUT2D eigenvalue weighted by molar-refractivity contribution is -0.139. The second-order valence-corrected chi connectivity index (χ2v) is 7.45. The van der Waals surface area contributed by atoms with Gasteiger partial charge in [0.1, 0.15) is 17.3 Å². The van der Waals surface area contributed by atoms with E-state index in [2.05, 4.69) is 6.92 Å². The Morgan fingerprint density at radius 3 is 2.52 bits per heavy atom. The minimum atomic E-state index is -0.331. The normalized spacial score (nSPS) is 10.8. The highest BCUT2D eigenvalue weighted by atomic mass is 32.2. The first-order valence-electron chi connectivity index (χ1n) is 8.71. The molecule has 0 radical (unpaired) electrons. The highest BCUT2D eigenvalue weighted by Crippen LogP contribution is 2.37. The van der Waals surface area contributed by atoms with Gasteiger partial charge in [0, 0.05) is 10.3 Å². The van der Waals surface area contributed by atoms with Gasteiger partial charge in [-0.05, 0) is 65.6 Å². The van der Waals surface area contributed by atoms with Crippen molar-refractivity contribution in [1.29, 1.82) is 0 Å². The summed E-state index contributed by atoms with van der Waals surface area (Å²) in [6.45, 7) is 3.98. The van der Waals surface area contributed by atoms with Gasteiger partial charge in [-0.25, -0.2) is 4.39 Å². The van der Waals surface area contributed by atoms with E-state index in [1.807, 2.05) is 37.3 Å². The zero-order valence-corrected chi connectivity index (χ0v) is 16.4. The molecule has 140 valence electrons. The molecule has 0 N–H and O–H groups in total. The molecule has 0 aliphatic rings. The molecule has 0 amide bonds. The fourth-order valence-corrected chi connectivity index (χ4v) is 3.59. The molecular formula is C22H21FO3S. The summed E-state index contributed by atoms with van der Waals surface area (Å²) >= 11 is 1.75. The predicted octanol–water partition coefficient (Wildman–Crippen LogP) is 5.91. The van der Waals surface area contributed by atoms with Crippen molar-refractivity contribution in [1.82, 2.24) is 0 Å². The molecule has 0 aromatic heterocycles. The van der Waals surface area contributed by atoms with E-state index in [-0.39, 0.29) is 18.2 Å². The van der Waals surface area contributed by atoms with E-state index in [1.165, 1.54) is 19.2 Å². The number of esters is 1. The molecule has 3 aromatic rings. The van der Waals surface area contributed by atoms with Gasteiger partial charge in [0.25, 0.3) is 0 Å². The van der Waals surface area contributed by atoms with E-state index in [0.29, 0.717) is 16.9 Å². The zero-order chi connectivity index (χ0) is 19.4. The van der Waals surface area contributed by atoms with E-state index in [4.69, 9.17) is 9.47 Å². The number of thioether (sulfide) groups is 1. The molecule has 3 aromatic carbocycles. The van der Waals surface area contributed by atoms with Gasteiger partial charge in [0.05, 0.1) is 13.5 Å². The molecule has 27 heavy (non-hydrogen) atoms. The van der Waals surface area contributed by atoms with E-state index < -0.39 is 0 Å². The zero-order valence-electron chi connectivity index (χ0n) is 15.5. The molecule has 0 aliphatic heterocycles. The molecule has 0 aliphatic carbocycles. The molecule has 0 bridgehead atoms. The summed E-state index contributed by atoms with van der Waals surface area (Å²) in [6.07, 6.45) is 0.137. The van der Waals surface area contributed by atoms with Crippen LogP contribution < -0.4 is 4.74 Å². The third-order valence-electron chi connectivity index (χ3n) is 4.33. The topological polar surface area (TPSA) is 35.5 Å². The molecule has 0 spiro atoms. The van der Waals surface area contributed by atoms with Gasteiger partial charge in [0.2, 0.25) is 0 Å². The summed E-state index contributed by atoms with van der Waals surface area (Å²) in [6, 6.07) is 14.2. The number of fused-ring (bicyclic) bond motifs is 1. The number of carbonyl (C=O) groups excluding carboxylic acids is 1. The molecule has 0 unspecified atom stereocenters. The Labute approximate surface area is 162 Å². The van der Waals surface area contributed by atoms with Crippen LogP contribution in [0.4, 0.5) is 4.39 Å². The van der Waals surface area contributed by atoms with E-state index in [1.54, 1.807) is 17.8 Å². The Morgan fingerprint density at radius 1 is 1.11 bits per heavy atom. The van der Waals surface area contributed by atoms with Crippen molar-refractivity contribution in [2.75, 3.05) is 12.9 Å². The van der Waals surface area contributed by atoms with Gasteiger partial charge in [0.15, 0.2) is 0 Å². The van der Waals surface area contributed by atoms with Crippen molar-refractivity contribution in [2.45, 2.75) is 25.2 Å². The van der Waals surface area contributed by atoms with Crippen LogP contribution in [-0.4, -0.2) is 18.8 Å². The quantitative estimate of drug-likeness (QED) is 0.391. The predicted molar refractivity (Wildman–Crippen MR) is 107 cm³/mol. The number of halogens is 1. The summed E-state index contributed by atoms with van der Waals surface area (Å²) in [7, 11) is 1.36. The Balaban J connectivity index is 2.06. The van der Waals surface area contributed by atoms with E-state index >= 15 is 0 Å². The maximum atomic E-state index is 13.9. The van der Waals surface area contributed by atoms with Crippen molar-refractivity contribution < 1.29 is 18.7 Å². The molecule has 0 saturated carbocycles. The maximum Gasteiger partial charge on any atom is 0.309 e. The number of ether oxygens (including phenoxy) is 2. The van der Waals surface area contributed by atoms with Crippen molar-refractivity contribution >= 4 is 28.5 Å². The van der Waals surface area contributed by atoms with Crippen LogP contribution in [0.25, 0.3) is 10.8 Å². The number of carbonyl (C=O) groups is 1. The molecule has 3 rings (SSSR count).